The maximum atomic E-state index is 9.91. The van der Waals surface area contributed by atoms with E-state index in [2.05, 4.69) is 10.2 Å². The molecule has 0 aliphatic carbocycles. The zero-order valence-electron chi connectivity index (χ0n) is 8.61. The molecule has 2 heterocycles. The Morgan fingerprint density at radius 3 is 2.86 bits per heavy atom. The first-order valence-electron chi connectivity index (χ1n) is 5.59. The molecule has 2 saturated heterocycles. The van der Waals surface area contributed by atoms with E-state index in [9.17, 15) is 5.11 Å². The summed E-state index contributed by atoms with van der Waals surface area (Å²) in [6, 6.07) is 0. The van der Waals surface area contributed by atoms with Crippen LogP contribution in [0.25, 0.3) is 0 Å². The minimum atomic E-state index is -0.296. The first-order chi connectivity index (χ1) is 6.86. The molecule has 0 saturated carbocycles. The Labute approximate surface area is 85.2 Å². The van der Waals surface area contributed by atoms with E-state index in [1.807, 2.05) is 0 Å². The second-order valence-corrected chi connectivity index (χ2v) is 4.17. The lowest BCUT2D eigenvalue weighted by Gasteiger charge is -2.30. The van der Waals surface area contributed by atoms with E-state index in [0.717, 1.165) is 52.2 Å². The van der Waals surface area contributed by atoms with E-state index < -0.39 is 0 Å². The summed E-state index contributed by atoms with van der Waals surface area (Å²) >= 11 is 0. The van der Waals surface area contributed by atoms with Crippen molar-refractivity contribution in [2.24, 2.45) is 0 Å². The minimum Gasteiger partial charge on any atom is -0.389 e. The number of hydrogen-bond acceptors (Lipinski definition) is 4. The molecule has 0 aromatic heterocycles. The Bertz CT molecular complexity index is 166. The summed E-state index contributed by atoms with van der Waals surface area (Å²) < 4.78 is 5.46. The SMILES string of the molecule is O[C@H](CN1CCNCC1)[C@@H]1CCCO1. The van der Waals surface area contributed by atoms with Gasteiger partial charge in [-0.1, -0.05) is 0 Å². The van der Waals surface area contributed by atoms with E-state index in [1.54, 1.807) is 0 Å². The van der Waals surface area contributed by atoms with Crippen LogP contribution in [0.5, 0.6) is 0 Å². The lowest BCUT2D eigenvalue weighted by Crippen LogP contribution is -2.48. The van der Waals surface area contributed by atoms with Gasteiger partial charge in [0.05, 0.1) is 12.2 Å². The van der Waals surface area contributed by atoms with Gasteiger partial charge in [-0.05, 0) is 12.8 Å². The van der Waals surface area contributed by atoms with E-state index in [4.69, 9.17) is 4.74 Å². The largest absolute Gasteiger partial charge is 0.389 e. The van der Waals surface area contributed by atoms with E-state index >= 15 is 0 Å². The summed E-state index contributed by atoms with van der Waals surface area (Å²) in [5.74, 6) is 0. The monoisotopic (exact) mass is 200 g/mol. The van der Waals surface area contributed by atoms with Gasteiger partial charge >= 0.3 is 0 Å². The number of nitrogens with one attached hydrogen (secondary N) is 1. The van der Waals surface area contributed by atoms with Crippen LogP contribution in [0.4, 0.5) is 0 Å². The van der Waals surface area contributed by atoms with Crippen molar-refractivity contribution in [3.05, 3.63) is 0 Å². The Hall–Kier alpha value is -0.160. The summed E-state index contributed by atoms with van der Waals surface area (Å²) in [4.78, 5) is 2.31. The molecular formula is C10H20N2O2. The molecule has 2 N–H and O–H groups in total. The van der Waals surface area contributed by atoms with E-state index in [1.165, 1.54) is 0 Å². The normalized spacial score (nSPS) is 31.9. The first-order valence-corrected chi connectivity index (χ1v) is 5.59. The Balaban J connectivity index is 1.72. The zero-order chi connectivity index (χ0) is 9.80. The molecule has 0 aromatic carbocycles. The fourth-order valence-corrected chi connectivity index (χ4v) is 2.18. The molecule has 2 atom stereocenters. The average molecular weight is 200 g/mol. The first kappa shape index (κ1) is 10.4. The van der Waals surface area contributed by atoms with Gasteiger partial charge in [0.2, 0.25) is 0 Å². The number of nitrogens with zero attached hydrogens (tertiary/aromatic N) is 1. The van der Waals surface area contributed by atoms with Crippen LogP contribution >= 0.6 is 0 Å². The fourth-order valence-electron chi connectivity index (χ4n) is 2.18. The minimum absolute atomic E-state index is 0.0879. The lowest BCUT2D eigenvalue weighted by molar-refractivity contribution is -0.0197. The van der Waals surface area contributed by atoms with Crippen molar-refractivity contribution >= 4 is 0 Å². The molecule has 2 aliphatic rings. The van der Waals surface area contributed by atoms with Crippen molar-refractivity contribution in [3.8, 4) is 0 Å². The van der Waals surface area contributed by atoms with Gasteiger partial charge in [0.25, 0.3) is 0 Å². The van der Waals surface area contributed by atoms with Crippen molar-refractivity contribution in [2.45, 2.75) is 25.0 Å². The highest BCUT2D eigenvalue weighted by atomic mass is 16.5. The molecule has 0 amide bonds. The lowest BCUT2D eigenvalue weighted by atomic mass is 10.1. The summed E-state index contributed by atoms with van der Waals surface area (Å²) in [6.45, 7) is 5.76. The third kappa shape index (κ3) is 2.67. The standard InChI is InChI=1S/C10H20N2O2/c13-9(10-2-1-7-14-10)8-12-5-3-11-4-6-12/h9-11,13H,1-8H2/t9-,10+/m1/s1. The molecule has 4 nitrogen and oxygen atoms in total. The number of β-amino-alcohol motifs (C(OH)–C–C–N with tert-alkyl or cyclic N) is 1. The number of hydrogen-bond donors (Lipinski definition) is 2. The molecule has 2 rings (SSSR count). The number of rotatable bonds is 3. The van der Waals surface area contributed by atoms with Crippen LogP contribution < -0.4 is 5.32 Å². The van der Waals surface area contributed by atoms with Gasteiger partial charge in [-0.2, -0.15) is 0 Å². The third-order valence-electron chi connectivity index (χ3n) is 3.05. The maximum absolute atomic E-state index is 9.91. The second-order valence-electron chi connectivity index (χ2n) is 4.17. The molecule has 0 spiro atoms. The van der Waals surface area contributed by atoms with Gasteiger partial charge in [-0.15, -0.1) is 0 Å². The summed E-state index contributed by atoms with van der Waals surface area (Å²) in [7, 11) is 0. The van der Waals surface area contributed by atoms with Gasteiger partial charge < -0.3 is 15.2 Å². The molecule has 0 bridgehead atoms. The smallest absolute Gasteiger partial charge is 0.0928 e. The quantitative estimate of drug-likeness (QED) is 0.640. The summed E-state index contributed by atoms with van der Waals surface area (Å²) in [5.41, 5.74) is 0. The van der Waals surface area contributed by atoms with Crippen LogP contribution in [-0.2, 0) is 4.74 Å². The van der Waals surface area contributed by atoms with Crippen molar-refractivity contribution in [3.63, 3.8) is 0 Å². The highest BCUT2D eigenvalue weighted by Crippen LogP contribution is 2.16. The van der Waals surface area contributed by atoms with E-state index in [0.29, 0.717) is 0 Å². The molecule has 0 radical (unpaired) electrons. The molecule has 14 heavy (non-hydrogen) atoms. The Morgan fingerprint density at radius 1 is 1.43 bits per heavy atom. The molecular weight excluding hydrogens is 180 g/mol. The van der Waals surface area contributed by atoms with Crippen LogP contribution in [0, 0.1) is 0 Å². The number of aliphatic hydroxyl groups excluding tert-OH is 1. The molecule has 2 fully saturated rings. The molecule has 4 heteroatoms. The topological polar surface area (TPSA) is 44.7 Å². The maximum Gasteiger partial charge on any atom is 0.0928 e. The van der Waals surface area contributed by atoms with Crippen molar-refractivity contribution < 1.29 is 9.84 Å². The fraction of sp³-hybridized carbons (Fsp3) is 1.00. The number of aliphatic hydroxyl groups is 1. The number of ether oxygens (including phenoxy) is 1. The van der Waals surface area contributed by atoms with E-state index in [-0.39, 0.29) is 12.2 Å². The predicted molar refractivity (Wildman–Crippen MR) is 54.3 cm³/mol. The van der Waals surface area contributed by atoms with Gasteiger partial charge in [-0.25, -0.2) is 0 Å². The van der Waals surface area contributed by atoms with Crippen molar-refractivity contribution in [2.75, 3.05) is 39.3 Å². The summed E-state index contributed by atoms with van der Waals surface area (Å²) in [5, 5.41) is 13.2. The molecule has 82 valence electrons. The van der Waals surface area contributed by atoms with Crippen LogP contribution in [0.3, 0.4) is 0 Å². The van der Waals surface area contributed by atoms with Crippen LogP contribution in [0.1, 0.15) is 12.8 Å². The van der Waals surface area contributed by atoms with Gasteiger partial charge in [0.1, 0.15) is 0 Å². The molecule has 0 aromatic rings. The van der Waals surface area contributed by atoms with Gasteiger partial charge in [0.15, 0.2) is 0 Å². The Morgan fingerprint density at radius 2 is 2.21 bits per heavy atom. The molecule has 2 aliphatic heterocycles. The second kappa shape index (κ2) is 5.07. The Kier molecular flexibility index (Phi) is 3.75. The van der Waals surface area contributed by atoms with Crippen LogP contribution in [0.2, 0.25) is 0 Å². The average Bonchev–Trinajstić information content (AvgIpc) is 2.72. The van der Waals surface area contributed by atoms with Crippen molar-refractivity contribution in [1.82, 2.24) is 10.2 Å². The number of piperazine rings is 1. The van der Waals surface area contributed by atoms with Gasteiger partial charge in [-0.3, -0.25) is 4.90 Å². The van der Waals surface area contributed by atoms with Crippen molar-refractivity contribution in [1.29, 1.82) is 0 Å². The highest BCUT2D eigenvalue weighted by molar-refractivity contribution is 4.78. The van der Waals surface area contributed by atoms with Gasteiger partial charge in [0, 0.05) is 39.3 Å². The summed E-state index contributed by atoms with van der Waals surface area (Å²) in [6.07, 6.45) is 1.91. The third-order valence-corrected chi connectivity index (χ3v) is 3.05. The highest BCUT2D eigenvalue weighted by Gasteiger charge is 2.26. The van der Waals surface area contributed by atoms with Crippen LogP contribution in [-0.4, -0.2) is 61.5 Å². The predicted octanol–water partition coefficient (Wildman–Crippen LogP) is -0.568. The molecule has 0 unspecified atom stereocenters. The van der Waals surface area contributed by atoms with Crippen LogP contribution in [0.15, 0.2) is 0 Å². The zero-order valence-corrected chi connectivity index (χ0v) is 8.61.